The van der Waals surface area contributed by atoms with Crippen LogP contribution in [0.15, 0.2) is 24.3 Å². The summed E-state index contributed by atoms with van der Waals surface area (Å²) in [6, 6.07) is 7.15. The molecular formula is C10H10FN5O. The van der Waals surface area contributed by atoms with Crippen LogP contribution in [-0.2, 0) is 0 Å². The van der Waals surface area contributed by atoms with E-state index in [0.717, 1.165) is 0 Å². The molecule has 17 heavy (non-hydrogen) atoms. The smallest absolute Gasteiger partial charge is 0.208 e. The predicted molar refractivity (Wildman–Crippen MR) is 60.2 cm³/mol. The zero-order valence-corrected chi connectivity index (χ0v) is 8.68. The molecule has 0 aliphatic heterocycles. The quantitative estimate of drug-likeness (QED) is 0.506. The number of halogens is 1. The molecule has 0 fully saturated rings. The number of nitrogen functional groups attached to an aromatic ring is 2. The van der Waals surface area contributed by atoms with E-state index in [9.17, 15) is 4.39 Å². The first-order valence-electron chi connectivity index (χ1n) is 4.48. The minimum Gasteiger partial charge on any atom is -0.494 e. The molecule has 0 amide bonds. The van der Waals surface area contributed by atoms with Crippen LogP contribution < -0.4 is 11.5 Å². The molecule has 2 aromatic rings. The number of benzene rings is 1. The summed E-state index contributed by atoms with van der Waals surface area (Å²) >= 11 is 0. The van der Waals surface area contributed by atoms with Crippen LogP contribution in [0.1, 0.15) is 5.56 Å². The number of anilines is 2. The molecule has 0 unspecified atom stereocenters. The summed E-state index contributed by atoms with van der Waals surface area (Å²) in [5, 5.41) is 22.5. The van der Waals surface area contributed by atoms with Crippen LogP contribution in [0.25, 0.3) is 0 Å². The molecule has 0 radical (unpaired) electrons. The van der Waals surface area contributed by atoms with E-state index in [2.05, 4.69) is 10.2 Å². The Bertz CT molecular complexity index is 509. The lowest BCUT2D eigenvalue weighted by atomic mass is 10.2. The fraction of sp³-hybridized carbons (Fsp3) is 0. The van der Waals surface area contributed by atoms with Crippen molar-refractivity contribution >= 4 is 11.5 Å². The number of aromatic amines is 1. The zero-order chi connectivity index (χ0) is 12.8. The Morgan fingerprint density at radius 2 is 2.12 bits per heavy atom. The van der Waals surface area contributed by atoms with Crippen molar-refractivity contribution in [1.29, 1.82) is 5.26 Å². The summed E-state index contributed by atoms with van der Waals surface area (Å²) in [4.78, 5) is 0. The van der Waals surface area contributed by atoms with Crippen molar-refractivity contribution in [1.82, 2.24) is 10.2 Å². The largest absolute Gasteiger partial charge is 0.494 e. The number of nitriles is 1. The Labute approximate surface area is 96.3 Å². The SMILES string of the molecule is N#Cc1c(N)cccc1F.Nc1cc(O)[nH]n1. The molecule has 6 N–H and O–H groups in total. The van der Waals surface area contributed by atoms with Crippen LogP contribution in [0.4, 0.5) is 15.9 Å². The van der Waals surface area contributed by atoms with Gasteiger partial charge in [-0.2, -0.15) is 10.4 Å². The van der Waals surface area contributed by atoms with Gasteiger partial charge in [-0.3, -0.25) is 0 Å². The normalized spacial score (nSPS) is 8.94. The molecule has 1 heterocycles. The van der Waals surface area contributed by atoms with Crippen molar-refractivity contribution in [2.24, 2.45) is 0 Å². The maximum Gasteiger partial charge on any atom is 0.208 e. The highest BCUT2D eigenvalue weighted by atomic mass is 19.1. The minimum atomic E-state index is -0.567. The van der Waals surface area contributed by atoms with Gasteiger partial charge in [-0.15, -0.1) is 0 Å². The third-order valence-electron chi connectivity index (χ3n) is 1.74. The fourth-order valence-corrected chi connectivity index (χ4v) is 0.985. The Kier molecular flexibility index (Phi) is 3.89. The lowest BCUT2D eigenvalue weighted by Crippen LogP contribution is -1.92. The Balaban J connectivity index is 0.000000181. The highest BCUT2D eigenvalue weighted by molar-refractivity contribution is 5.54. The number of aromatic hydroxyl groups is 1. The lowest BCUT2D eigenvalue weighted by Gasteiger charge is -1.95. The van der Waals surface area contributed by atoms with Gasteiger partial charge in [0, 0.05) is 6.07 Å². The van der Waals surface area contributed by atoms with E-state index < -0.39 is 5.82 Å². The molecule has 7 heteroatoms. The molecule has 0 bridgehead atoms. The predicted octanol–water partition coefficient (Wildman–Crippen LogP) is 0.977. The summed E-state index contributed by atoms with van der Waals surface area (Å²) in [7, 11) is 0. The average molecular weight is 235 g/mol. The van der Waals surface area contributed by atoms with Crippen LogP contribution in [-0.4, -0.2) is 15.3 Å². The lowest BCUT2D eigenvalue weighted by molar-refractivity contribution is 0.452. The molecule has 0 atom stereocenters. The number of aromatic nitrogens is 2. The first kappa shape index (κ1) is 12.3. The highest BCUT2D eigenvalue weighted by Gasteiger charge is 2.02. The van der Waals surface area contributed by atoms with E-state index in [1.165, 1.54) is 24.3 Å². The molecule has 0 saturated heterocycles. The van der Waals surface area contributed by atoms with Crippen molar-refractivity contribution < 1.29 is 9.50 Å². The second-order valence-corrected chi connectivity index (χ2v) is 2.99. The number of hydrogen-bond acceptors (Lipinski definition) is 5. The molecule has 2 rings (SSSR count). The molecule has 0 spiro atoms. The Morgan fingerprint density at radius 1 is 1.41 bits per heavy atom. The van der Waals surface area contributed by atoms with Gasteiger partial charge in [0.2, 0.25) is 5.88 Å². The number of nitrogens with one attached hydrogen (secondary N) is 1. The number of rotatable bonds is 0. The zero-order valence-electron chi connectivity index (χ0n) is 8.68. The maximum atomic E-state index is 12.5. The van der Waals surface area contributed by atoms with Crippen LogP contribution in [0.5, 0.6) is 5.88 Å². The van der Waals surface area contributed by atoms with Gasteiger partial charge < -0.3 is 16.6 Å². The molecule has 88 valence electrons. The van der Waals surface area contributed by atoms with Gasteiger partial charge in [0.25, 0.3) is 0 Å². The van der Waals surface area contributed by atoms with Crippen molar-refractivity contribution in [2.45, 2.75) is 0 Å². The standard InChI is InChI=1S/C7H5FN2.C3H5N3O/c8-6-2-1-3-7(10)5(6)4-9;4-2-1-3(7)6-5-2/h1-3H,10H2;1H,(H4,4,5,6,7). The van der Waals surface area contributed by atoms with Crippen molar-refractivity contribution in [3.63, 3.8) is 0 Å². The van der Waals surface area contributed by atoms with Crippen molar-refractivity contribution in [3.05, 3.63) is 35.6 Å². The van der Waals surface area contributed by atoms with E-state index in [0.29, 0.717) is 5.82 Å². The monoisotopic (exact) mass is 235 g/mol. The topological polar surface area (TPSA) is 125 Å². The summed E-state index contributed by atoms with van der Waals surface area (Å²) in [6.45, 7) is 0. The molecule has 0 aliphatic carbocycles. The third-order valence-corrected chi connectivity index (χ3v) is 1.74. The molecule has 6 nitrogen and oxygen atoms in total. The molecule has 1 aromatic carbocycles. The van der Waals surface area contributed by atoms with Gasteiger partial charge in [0.15, 0.2) is 0 Å². The van der Waals surface area contributed by atoms with Gasteiger partial charge >= 0.3 is 0 Å². The van der Waals surface area contributed by atoms with Crippen molar-refractivity contribution in [3.8, 4) is 11.9 Å². The number of H-pyrrole nitrogens is 1. The second kappa shape index (κ2) is 5.37. The summed E-state index contributed by atoms with van der Waals surface area (Å²) in [5.41, 5.74) is 10.4. The van der Waals surface area contributed by atoms with E-state index >= 15 is 0 Å². The second-order valence-electron chi connectivity index (χ2n) is 2.99. The molecule has 0 aliphatic rings. The fourth-order valence-electron chi connectivity index (χ4n) is 0.985. The maximum absolute atomic E-state index is 12.5. The highest BCUT2D eigenvalue weighted by Crippen LogP contribution is 2.12. The first-order chi connectivity index (χ1) is 8.04. The number of nitrogens with zero attached hydrogens (tertiary/aromatic N) is 2. The third kappa shape index (κ3) is 3.39. The van der Waals surface area contributed by atoms with Gasteiger partial charge in [0.1, 0.15) is 23.3 Å². The van der Waals surface area contributed by atoms with Gasteiger partial charge in [-0.05, 0) is 12.1 Å². The Morgan fingerprint density at radius 3 is 2.41 bits per heavy atom. The van der Waals surface area contributed by atoms with E-state index in [4.69, 9.17) is 21.8 Å². The van der Waals surface area contributed by atoms with Crippen molar-refractivity contribution in [2.75, 3.05) is 11.5 Å². The van der Waals surface area contributed by atoms with E-state index in [1.807, 2.05) is 0 Å². The molecular weight excluding hydrogens is 225 g/mol. The van der Waals surface area contributed by atoms with E-state index in [-0.39, 0.29) is 17.1 Å². The summed E-state index contributed by atoms with van der Waals surface area (Å²) in [5.74, 6) is -0.266. The van der Waals surface area contributed by atoms with Gasteiger partial charge in [-0.1, -0.05) is 6.07 Å². The van der Waals surface area contributed by atoms with E-state index in [1.54, 1.807) is 6.07 Å². The van der Waals surface area contributed by atoms with Crippen LogP contribution in [0.2, 0.25) is 0 Å². The summed E-state index contributed by atoms with van der Waals surface area (Å²) in [6.07, 6.45) is 0. The number of hydrogen-bond donors (Lipinski definition) is 4. The van der Waals surface area contributed by atoms with Gasteiger partial charge in [0.05, 0.1) is 5.69 Å². The minimum absolute atomic E-state index is 0.00231. The van der Waals surface area contributed by atoms with Gasteiger partial charge in [-0.25, -0.2) is 9.49 Å². The average Bonchev–Trinajstić information content (AvgIpc) is 2.64. The molecule has 1 aromatic heterocycles. The van der Waals surface area contributed by atoms with Crippen LogP contribution >= 0.6 is 0 Å². The first-order valence-corrected chi connectivity index (χ1v) is 4.48. The number of nitrogens with two attached hydrogens (primary N) is 2. The van der Waals surface area contributed by atoms with Crippen LogP contribution in [0, 0.1) is 17.1 Å². The molecule has 0 saturated carbocycles. The Hall–Kier alpha value is -2.75. The van der Waals surface area contributed by atoms with Crippen LogP contribution in [0.3, 0.4) is 0 Å². The summed E-state index contributed by atoms with van der Waals surface area (Å²) < 4.78 is 12.5.